The van der Waals surface area contributed by atoms with Crippen molar-refractivity contribution in [1.82, 2.24) is 19.8 Å². The Balaban J connectivity index is 1.74. The number of aromatic nitrogens is 2. The molecule has 19 heavy (non-hydrogen) atoms. The van der Waals surface area contributed by atoms with Crippen molar-refractivity contribution in [3.8, 4) is 0 Å². The van der Waals surface area contributed by atoms with Crippen LogP contribution in [0.25, 0.3) is 0 Å². The van der Waals surface area contributed by atoms with Crippen LogP contribution in [0.2, 0.25) is 0 Å². The van der Waals surface area contributed by atoms with Crippen LogP contribution in [0, 0.1) is 0 Å². The van der Waals surface area contributed by atoms with Gasteiger partial charge in [-0.1, -0.05) is 0 Å². The molecule has 0 radical (unpaired) electrons. The lowest BCUT2D eigenvalue weighted by molar-refractivity contribution is 0.0366. The van der Waals surface area contributed by atoms with Gasteiger partial charge in [0.25, 0.3) is 10.0 Å². The Morgan fingerprint density at radius 3 is 2.89 bits per heavy atom. The maximum absolute atomic E-state index is 11.9. The summed E-state index contributed by atoms with van der Waals surface area (Å²) in [7, 11) is -1.90. The van der Waals surface area contributed by atoms with Crippen molar-refractivity contribution in [3.05, 3.63) is 12.3 Å². The van der Waals surface area contributed by atoms with Gasteiger partial charge in [-0.25, -0.2) is 13.1 Å². The van der Waals surface area contributed by atoms with Gasteiger partial charge in [-0.05, 0) is 32.0 Å². The molecular formula is C11H20N4O3S. The fourth-order valence-electron chi connectivity index (χ4n) is 2.06. The third-order valence-electron chi connectivity index (χ3n) is 3.09. The molecule has 2 N–H and O–H groups in total. The Labute approximate surface area is 113 Å². The van der Waals surface area contributed by atoms with Gasteiger partial charge >= 0.3 is 0 Å². The first-order valence-electron chi connectivity index (χ1n) is 6.39. The predicted octanol–water partition coefficient (Wildman–Crippen LogP) is -0.533. The third-order valence-corrected chi connectivity index (χ3v) is 4.62. The van der Waals surface area contributed by atoms with E-state index in [2.05, 4.69) is 15.1 Å². The zero-order valence-electron chi connectivity index (χ0n) is 11.0. The molecule has 0 saturated carbocycles. The SMILES string of the molecule is Cn1nccc1S(=O)(=O)NCCOC1CCNCC1. The zero-order valence-corrected chi connectivity index (χ0v) is 11.8. The van der Waals surface area contributed by atoms with Crippen molar-refractivity contribution in [3.63, 3.8) is 0 Å². The first-order chi connectivity index (χ1) is 9.09. The van der Waals surface area contributed by atoms with Crippen LogP contribution in [0.3, 0.4) is 0 Å². The van der Waals surface area contributed by atoms with E-state index in [4.69, 9.17) is 4.74 Å². The van der Waals surface area contributed by atoms with E-state index in [1.807, 2.05) is 0 Å². The Morgan fingerprint density at radius 1 is 1.53 bits per heavy atom. The summed E-state index contributed by atoms with van der Waals surface area (Å²) in [6.07, 6.45) is 3.66. The molecule has 2 rings (SSSR count). The lowest BCUT2D eigenvalue weighted by Crippen LogP contribution is -2.35. The second-order valence-electron chi connectivity index (χ2n) is 4.51. The number of rotatable bonds is 6. The van der Waals surface area contributed by atoms with Crippen molar-refractivity contribution in [2.45, 2.75) is 24.0 Å². The van der Waals surface area contributed by atoms with Crippen LogP contribution >= 0.6 is 0 Å². The summed E-state index contributed by atoms with van der Waals surface area (Å²) in [6.45, 7) is 2.59. The van der Waals surface area contributed by atoms with Crippen LogP contribution in [0.4, 0.5) is 0 Å². The second kappa shape index (κ2) is 6.47. The van der Waals surface area contributed by atoms with E-state index in [9.17, 15) is 8.42 Å². The third kappa shape index (κ3) is 4.00. The molecule has 0 aromatic carbocycles. The lowest BCUT2D eigenvalue weighted by atomic mass is 10.1. The number of ether oxygens (including phenoxy) is 1. The molecule has 0 spiro atoms. The molecule has 1 saturated heterocycles. The number of sulfonamides is 1. The highest BCUT2D eigenvalue weighted by Crippen LogP contribution is 2.07. The van der Waals surface area contributed by atoms with Crippen LogP contribution in [0.15, 0.2) is 17.3 Å². The highest BCUT2D eigenvalue weighted by molar-refractivity contribution is 7.89. The smallest absolute Gasteiger partial charge is 0.257 e. The average molecular weight is 288 g/mol. The summed E-state index contributed by atoms with van der Waals surface area (Å²) in [4.78, 5) is 0. The summed E-state index contributed by atoms with van der Waals surface area (Å²) < 4.78 is 33.3. The number of nitrogens with one attached hydrogen (secondary N) is 2. The van der Waals surface area contributed by atoms with Gasteiger partial charge in [-0.3, -0.25) is 4.68 Å². The van der Waals surface area contributed by atoms with E-state index >= 15 is 0 Å². The number of hydrogen-bond donors (Lipinski definition) is 2. The van der Waals surface area contributed by atoms with E-state index in [1.54, 1.807) is 7.05 Å². The van der Waals surface area contributed by atoms with Crippen molar-refractivity contribution < 1.29 is 13.2 Å². The van der Waals surface area contributed by atoms with Crippen molar-refractivity contribution >= 4 is 10.0 Å². The van der Waals surface area contributed by atoms with Crippen molar-refractivity contribution in [1.29, 1.82) is 0 Å². The molecule has 0 bridgehead atoms. The zero-order chi connectivity index (χ0) is 13.7. The van der Waals surface area contributed by atoms with Crippen molar-refractivity contribution in [2.24, 2.45) is 7.05 Å². The molecule has 2 heterocycles. The fraction of sp³-hybridized carbons (Fsp3) is 0.727. The summed E-state index contributed by atoms with van der Waals surface area (Å²) in [5, 5.41) is 7.26. The van der Waals surface area contributed by atoms with Gasteiger partial charge in [0.05, 0.1) is 18.9 Å². The minimum atomic E-state index is -3.49. The molecule has 1 aromatic rings. The van der Waals surface area contributed by atoms with Gasteiger partial charge in [0.15, 0.2) is 5.03 Å². The molecule has 108 valence electrons. The molecule has 1 aromatic heterocycles. The van der Waals surface area contributed by atoms with Crippen LogP contribution in [0.1, 0.15) is 12.8 Å². The largest absolute Gasteiger partial charge is 0.377 e. The highest BCUT2D eigenvalue weighted by atomic mass is 32.2. The van der Waals surface area contributed by atoms with Gasteiger partial charge in [-0.2, -0.15) is 5.10 Å². The van der Waals surface area contributed by atoms with E-state index in [0.29, 0.717) is 6.61 Å². The Kier molecular flexibility index (Phi) is 4.92. The fourth-order valence-corrected chi connectivity index (χ4v) is 3.20. The van der Waals surface area contributed by atoms with Gasteiger partial charge in [0.2, 0.25) is 0 Å². The summed E-state index contributed by atoms with van der Waals surface area (Å²) in [6, 6.07) is 1.47. The second-order valence-corrected chi connectivity index (χ2v) is 6.22. The normalized spacial score (nSPS) is 17.7. The predicted molar refractivity (Wildman–Crippen MR) is 70.2 cm³/mol. The maximum atomic E-state index is 11.9. The Morgan fingerprint density at radius 2 is 2.26 bits per heavy atom. The molecule has 0 unspecified atom stereocenters. The van der Waals surface area contributed by atoms with Crippen molar-refractivity contribution in [2.75, 3.05) is 26.2 Å². The van der Waals surface area contributed by atoms with E-state index in [1.165, 1.54) is 16.9 Å². The summed E-state index contributed by atoms with van der Waals surface area (Å²) in [5.74, 6) is 0. The molecule has 7 nitrogen and oxygen atoms in total. The lowest BCUT2D eigenvalue weighted by Gasteiger charge is -2.22. The van der Waals surface area contributed by atoms with Crippen LogP contribution in [-0.2, 0) is 21.8 Å². The first-order valence-corrected chi connectivity index (χ1v) is 7.88. The number of piperidine rings is 1. The Hall–Kier alpha value is -0.960. The quantitative estimate of drug-likeness (QED) is 0.687. The molecule has 1 aliphatic rings. The van der Waals surface area contributed by atoms with E-state index < -0.39 is 10.0 Å². The van der Waals surface area contributed by atoms with Gasteiger partial charge in [0, 0.05) is 13.6 Å². The van der Waals surface area contributed by atoms with Crippen LogP contribution < -0.4 is 10.0 Å². The molecule has 0 atom stereocenters. The molecule has 1 fully saturated rings. The standard InChI is InChI=1S/C11H20N4O3S/c1-15-11(4-7-13-15)19(16,17)14-8-9-18-10-2-5-12-6-3-10/h4,7,10,12,14H,2-3,5-6,8-9H2,1H3. The number of aryl methyl sites for hydroxylation is 1. The number of hydrogen-bond acceptors (Lipinski definition) is 5. The van der Waals surface area contributed by atoms with Crippen LogP contribution in [0.5, 0.6) is 0 Å². The summed E-state index contributed by atoms with van der Waals surface area (Å²) in [5.41, 5.74) is 0. The average Bonchev–Trinajstić information content (AvgIpc) is 2.83. The summed E-state index contributed by atoms with van der Waals surface area (Å²) >= 11 is 0. The minimum absolute atomic E-state index is 0.161. The van der Waals surface area contributed by atoms with Gasteiger partial charge in [0.1, 0.15) is 0 Å². The topological polar surface area (TPSA) is 85.2 Å². The molecular weight excluding hydrogens is 268 g/mol. The number of nitrogens with zero attached hydrogens (tertiary/aromatic N) is 2. The minimum Gasteiger partial charge on any atom is -0.377 e. The first kappa shape index (κ1) is 14.4. The maximum Gasteiger partial charge on any atom is 0.257 e. The molecule has 0 aliphatic carbocycles. The van der Waals surface area contributed by atoms with Crippen LogP contribution in [-0.4, -0.2) is 50.5 Å². The Bertz CT molecular complexity index is 494. The van der Waals surface area contributed by atoms with Gasteiger partial charge in [-0.15, -0.1) is 0 Å². The van der Waals surface area contributed by atoms with E-state index in [0.717, 1.165) is 25.9 Å². The molecule has 0 amide bonds. The molecule has 1 aliphatic heterocycles. The highest BCUT2D eigenvalue weighted by Gasteiger charge is 2.18. The monoisotopic (exact) mass is 288 g/mol. The molecule has 8 heteroatoms. The van der Waals surface area contributed by atoms with E-state index in [-0.39, 0.29) is 17.7 Å². The van der Waals surface area contributed by atoms with Gasteiger partial charge < -0.3 is 10.1 Å².